The van der Waals surface area contributed by atoms with Gasteiger partial charge in [0.05, 0.1) is 19.0 Å². The summed E-state index contributed by atoms with van der Waals surface area (Å²) in [5.41, 5.74) is 0.963. The molecule has 4 rings (SSSR count). The third-order valence-electron chi connectivity index (χ3n) is 4.64. The van der Waals surface area contributed by atoms with Gasteiger partial charge in [-0.3, -0.25) is 4.57 Å². The lowest BCUT2D eigenvalue weighted by Crippen LogP contribution is -2.49. The first-order valence-electron chi connectivity index (χ1n) is 8.79. The van der Waals surface area contributed by atoms with Crippen molar-refractivity contribution < 1.29 is 13.2 Å². The van der Waals surface area contributed by atoms with Gasteiger partial charge in [-0.25, -0.2) is 23.4 Å². The van der Waals surface area contributed by atoms with Crippen molar-refractivity contribution >= 4 is 15.7 Å². The summed E-state index contributed by atoms with van der Waals surface area (Å²) >= 11 is 0. The molecule has 3 aromatic rings. The highest BCUT2D eigenvalue weighted by atomic mass is 32.2. The molecule has 0 radical (unpaired) electrons. The Morgan fingerprint density at radius 2 is 1.71 bits per heavy atom. The summed E-state index contributed by atoms with van der Waals surface area (Å²) in [5, 5.41) is 0.0597. The summed E-state index contributed by atoms with van der Waals surface area (Å²) in [4.78, 5) is 14.4. The van der Waals surface area contributed by atoms with Crippen LogP contribution in [0.5, 0.6) is 5.75 Å². The van der Waals surface area contributed by atoms with Crippen molar-refractivity contribution in [3.05, 3.63) is 55.2 Å². The van der Waals surface area contributed by atoms with E-state index < -0.39 is 10.0 Å². The summed E-state index contributed by atoms with van der Waals surface area (Å²) in [6, 6.07) is 9.41. The van der Waals surface area contributed by atoms with Crippen LogP contribution in [0.15, 0.2) is 60.3 Å². The van der Waals surface area contributed by atoms with Gasteiger partial charge >= 0.3 is 0 Å². The van der Waals surface area contributed by atoms with Crippen LogP contribution in [-0.2, 0) is 10.0 Å². The molecule has 3 heterocycles. The van der Waals surface area contributed by atoms with Crippen LogP contribution in [0.3, 0.4) is 0 Å². The fourth-order valence-corrected chi connectivity index (χ4v) is 4.71. The Balaban J connectivity index is 1.55. The van der Waals surface area contributed by atoms with Crippen LogP contribution in [0.1, 0.15) is 0 Å². The lowest BCUT2D eigenvalue weighted by Gasteiger charge is -2.35. The maximum absolute atomic E-state index is 13.2. The van der Waals surface area contributed by atoms with Gasteiger partial charge < -0.3 is 9.64 Å². The van der Waals surface area contributed by atoms with Gasteiger partial charge in [-0.15, -0.1) is 0 Å². The zero-order chi connectivity index (χ0) is 19.6. The summed E-state index contributed by atoms with van der Waals surface area (Å²) in [5.74, 6) is 1.05. The predicted molar refractivity (Wildman–Crippen MR) is 103 cm³/mol. The standard InChI is InChI=1S/C18H20N6O3S/c1-27-16-6-3-2-5-15(16)22-9-11-23(12-10-22)28(25,26)17-13-19-14-24(17)18-20-7-4-8-21-18/h2-8,13-14H,9-12H2,1H3. The number of hydrogen-bond acceptors (Lipinski definition) is 7. The van der Waals surface area contributed by atoms with Crippen LogP contribution in [0.25, 0.3) is 5.95 Å². The second-order valence-electron chi connectivity index (χ2n) is 6.21. The van der Waals surface area contributed by atoms with Gasteiger partial charge in [0.1, 0.15) is 12.1 Å². The van der Waals surface area contributed by atoms with E-state index in [2.05, 4.69) is 19.9 Å². The number of imidazole rings is 1. The average molecular weight is 400 g/mol. The van der Waals surface area contributed by atoms with E-state index in [-0.39, 0.29) is 11.0 Å². The van der Waals surface area contributed by atoms with E-state index in [0.717, 1.165) is 11.4 Å². The van der Waals surface area contributed by atoms with Crippen molar-refractivity contribution in [2.75, 3.05) is 38.2 Å². The smallest absolute Gasteiger partial charge is 0.260 e. The average Bonchev–Trinajstić information content (AvgIpc) is 3.25. The molecule has 1 fully saturated rings. The molecule has 0 unspecified atom stereocenters. The number of aromatic nitrogens is 4. The molecule has 1 aromatic carbocycles. The second-order valence-corrected chi connectivity index (χ2v) is 8.10. The molecule has 146 valence electrons. The number of ether oxygens (including phenoxy) is 1. The molecule has 2 aromatic heterocycles. The Bertz CT molecular complexity index is 1050. The minimum atomic E-state index is -3.72. The number of rotatable bonds is 5. The first-order valence-corrected chi connectivity index (χ1v) is 10.2. The Labute approximate surface area is 163 Å². The number of hydrogen-bond donors (Lipinski definition) is 0. The quantitative estimate of drug-likeness (QED) is 0.635. The highest BCUT2D eigenvalue weighted by Gasteiger charge is 2.32. The van der Waals surface area contributed by atoms with Crippen LogP contribution in [0.2, 0.25) is 0 Å². The molecule has 0 aliphatic carbocycles. The number of sulfonamides is 1. The van der Waals surface area contributed by atoms with Gasteiger partial charge in [-0.1, -0.05) is 12.1 Å². The van der Waals surface area contributed by atoms with Crippen LogP contribution < -0.4 is 9.64 Å². The largest absolute Gasteiger partial charge is 0.495 e. The molecule has 28 heavy (non-hydrogen) atoms. The summed E-state index contributed by atoms with van der Waals surface area (Å²) in [6.45, 7) is 1.85. The van der Waals surface area contributed by atoms with Crippen molar-refractivity contribution in [1.29, 1.82) is 0 Å². The van der Waals surface area contributed by atoms with Crippen LogP contribution in [-0.4, -0.2) is 65.5 Å². The molecular weight excluding hydrogens is 380 g/mol. The highest BCUT2D eigenvalue weighted by molar-refractivity contribution is 7.89. The molecule has 10 heteroatoms. The van der Waals surface area contributed by atoms with E-state index >= 15 is 0 Å². The van der Waals surface area contributed by atoms with Gasteiger partial charge in [-0.05, 0) is 18.2 Å². The van der Waals surface area contributed by atoms with Crippen LogP contribution >= 0.6 is 0 Å². The van der Waals surface area contributed by atoms with Crippen molar-refractivity contribution in [2.24, 2.45) is 0 Å². The topological polar surface area (TPSA) is 93.5 Å². The molecular formula is C18H20N6O3S. The normalized spacial score (nSPS) is 15.5. The predicted octanol–water partition coefficient (Wildman–Crippen LogP) is 1.18. The molecule has 1 saturated heterocycles. The Kier molecular flexibility index (Phi) is 4.97. The van der Waals surface area contributed by atoms with Gasteiger partial charge in [-0.2, -0.15) is 4.31 Å². The lowest BCUT2D eigenvalue weighted by atomic mass is 10.2. The lowest BCUT2D eigenvalue weighted by molar-refractivity contribution is 0.376. The molecule has 1 aliphatic heterocycles. The van der Waals surface area contributed by atoms with Crippen molar-refractivity contribution in [3.8, 4) is 11.7 Å². The fraction of sp³-hybridized carbons (Fsp3) is 0.278. The number of para-hydroxylation sites is 2. The van der Waals surface area contributed by atoms with Crippen molar-refractivity contribution in [2.45, 2.75) is 5.03 Å². The summed E-state index contributed by atoms with van der Waals surface area (Å²) in [7, 11) is -2.09. The minimum Gasteiger partial charge on any atom is -0.495 e. The number of piperazine rings is 1. The molecule has 0 saturated carbocycles. The number of anilines is 1. The third kappa shape index (κ3) is 3.32. The van der Waals surface area contributed by atoms with E-state index in [4.69, 9.17) is 4.74 Å². The van der Waals surface area contributed by atoms with E-state index in [1.807, 2.05) is 24.3 Å². The van der Waals surface area contributed by atoms with Gasteiger partial charge in [0.25, 0.3) is 10.0 Å². The fourth-order valence-electron chi connectivity index (χ4n) is 3.23. The molecule has 0 bridgehead atoms. The molecule has 0 N–H and O–H groups in total. The molecule has 0 amide bonds. The van der Waals surface area contributed by atoms with E-state index in [0.29, 0.717) is 26.2 Å². The monoisotopic (exact) mass is 400 g/mol. The molecule has 9 nitrogen and oxygen atoms in total. The first kappa shape index (κ1) is 18.4. The maximum Gasteiger partial charge on any atom is 0.260 e. The van der Waals surface area contributed by atoms with E-state index in [1.165, 1.54) is 21.4 Å². The minimum absolute atomic E-state index is 0.0597. The number of benzene rings is 1. The van der Waals surface area contributed by atoms with E-state index in [1.54, 1.807) is 25.6 Å². The third-order valence-corrected chi connectivity index (χ3v) is 6.52. The number of methoxy groups -OCH3 is 1. The van der Waals surface area contributed by atoms with Crippen LogP contribution in [0.4, 0.5) is 5.69 Å². The van der Waals surface area contributed by atoms with Gasteiger partial charge in [0.15, 0.2) is 5.03 Å². The SMILES string of the molecule is COc1ccccc1N1CCN(S(=O)(=O)c2cncn2-c2ncccn2)CC1. The summed E-state index contributed by atoms with van der Waals surface area (Å²) < 4.78 is 34.6. The Hall–Kier alpha value is -2.98. The highest BCUT2D eigenvalue weighted by Crippen LogP contribution is 2.29. The van der Waals surface area contributed by atoms with Crippen molar-refractivity contribution in [1.82, 2.24) is 23.8 Å². The molecule has 1 aliphatic rings. The molecule has 0 spiro atoms. The van der Waals surface area contributed by atoms with Crippen LogP contribution in [0, 0.1) is 0 Å². The zero-order valence-electron chi connectivity index (χ0n) is 15.3. The molecule has 0 atom stereocenters. The zero-order valence-corrected chi connectivity index (χ0v) is 16.2. The Morgan fingerprint density at radius 3 is 2.43 bits per heavy atom. The van der Waals surface area contributed by atoms with Gasteiger partial charge in [0.2, 0.25) is 5.95 Å². The summed E-state index contributed by atoms with van der Waals surface area (Å²) in [6.07, 6.45) is 5.86. The van der Waals surface area contributed by atoms with E-state index in [9.17, 15) is 8.42 Å². The van der Waals surface area contributed by atoms with Crippen molar-refractivity contribution in [3.63, 3.8) is 0 Å². The first-order chi connectivity index (χ1) is 13.6. The second kappa shape index (κ2) is 7.56. The van der Waals surface area contributed by atoms with Gasteiger partial charge in [0, 0.05) is 38.6 Å². The Morgan fingerprint density at radius 1 is 1.00 bits per heavy atom. The maximum atomic E-state index is 13.2. The number of nitrogens with zero attached hydrogens (tertiary/aromatic N) is 6.